The summed E-state index contributed by atoms with van der Waals surface area (Å²) in [6.07, 6.45) is 5.44. The first kappa shape index (κ1) is 16.4. The van der Waals surface area contributed by atoms with Gasteiger partial charge in [-0.2, -0.15) is 0 Å². The van der Waals surface area contributed by atoms with E-state index in [2.05, 4.69) is 4.90 Å². The van der Waals surface area contributed by atoms with Gasteiger partial charge in [-0.1, -0.05) is 36.2 Å². The maximum Gasteiger partial charge on any atom is 0.227 e. The van der Waals surface area contributed by atoms with Gasteiger partial charge < -0.3 is 9.64 Å². The van der Waals surface area contributed by atoms with E-state index < -0.39 is 0 Å². The SMILES string of the molecule is O=C(Cc1ccccc1Cl)N1CC2(CC(N3CCCCC3)CO2)C1. The number of carbonyl (C=O) groups excluding carboxylic acids is 1. The van der Waals surface area contributed by atoms with Crippen molar-refractivity contribution in [2.45, 2.75) is 43.7 Å². The third kappa shape index (κ3) is 3.19. The normalized spacial score (nSPS) is 26.5. The second-order valence-corrected chi connectivity index (χ2v) is 7.87. The number of hydrogen-bond donors (Lipinski definition) is 0. The van der Waals surface area contributed by atoms with Crippen molar-refractivity contribution in [3.8, 4) is 0 Å². The summed E-state index contributed by atoms with van der Waals surface area (Å²) in [5.74, 6) is 0.152. The van der Waals surface area contributed by atoms with Gasteiger partial charge >= 0.3 is 0 Å². The second kappa shape index (κ2) is 6.66. The summed E-state index contributed by atoms with van der Waals surface area (Å²) in [6.45, 7) is 4.71. The molecule has 0 aliphatic carbocycles. The quantitative estimate of drug-likeness (QED) is 0.842. The molecular formula is C19H25ClN2O2. The first-order valence-electron chi connectivity index (χ1n) is 9.04. The van der Waals surface area contributed by atoms with E-state index in [1.807, 2.05) is 29.2 Å². The van der Waals surface area contributed by atoms with Crippen LogP contribution in [0.4, 0.5) is 0 Å². The van der Waals surface area contributed by atoms with Crippen molar-refractivity contribution in [2.24, 2.45) is 0 Å². The van der Waals surface area contributed by atoms with Crippen molar-refractivity contribution in [1.29, 1.82) is 0 Å². The second-order valence-electron chi connectivity index (χ2n) is 7.47. The number of carbonyl (C=O) groups is 1. The molecule has 4 nitrogen and oxygen atoms in total. The average Bonchev–Trinajstić information content (AvgIpc) is 3.02. The lowest BCUT2D eigenvalue weighted by atomic mass is 9.88. The predicted molar refractivity (Wildman–Crippen MR) is 94.2 cm³/mol. The number of amides is 1. The van der Waals surface area contributed by atoms with Gasteiger partial charge in [0.15, 0.2) is 0 Å². The van der Waals surface area contributed by atoms with Crippen molar-refractivity contribution in [3.05, 3.63) is 34.9 Å². The van der Waals surface area contributed by atoms with Gasteiger partial charge in [0.05, 0.1) is 26.1 Å². The van der Waals surface area contributed by atoms with E-state index in [9.17, 15) is 4.79 Å². The number of halogens is 1. The first-order chi connectivity index (χ1) is 11.7. The van der Waals surface area contributed by atoms with E-state index in [1.54, 1.807) is 0 Å². The number of nitrogens with zero attached hydrogens (tertiary/aromatic N) is 2. The lowest BCUT2D eigenvalue weighted by molar-refractivity contribution is -0.157. The molecule has 1 aromatic rings. The molecule has 3 aliphatic heterocycles. The third-order valence-corrected chi connectivity index (χ3v) is 6.08. The highest BCUT2D eigenvalue weighted by Crippen LogP contribution is 2.38. The number of rotatable bonds is 3. The molecule has 1 unspecified atom stereocenters. The summed E-state index contributed by atoms with van der Waals surface area (Å²) in [4.78, 5) is 17.0. The van der Waals surface area contributed by atoms with Gasteiger partial charge in [0, 0.05) is 11.1 Å². The number of likely N-dealkylation sites (tertiary alicyclic amines) is 2. The van der Waals surface area contributed by atoms with Gasteiger partial charge in [-0.15, -0.1) is 0 Å². The maximum absolute atomic E-state index is 12.5. The number of hydrogen-bond acceptors (Lipinski definition) is 3. The third-order valence-electron chi connectivity index (χ3n) is 5.71. The zero-order valence-corrected chi connectivity index (χ0v) is 14.8. The Morgan fingerprint density at radius 2 is 1.96 bits per heavy atom. The summed E-state index contributed by atoms with van der Waals surface area (Å²) < 4.78 is 6.13. The highest BCUT2D eigenvalue weighted by molar-refractivity contribution is 6.31. The van der Waals surface area contributed by atoms with Crippen LogP contribution in [0.15, 0.2) is 24.3 Å². The number of benzene rings is 1. The Morgan fingerprint density at radius 3 is 2.71 bits per heavy atom. The van der Waals surface area contributed by atoms with E-state index >= 15 is 0 Å². The van der Waals surface area contributed by atoms with Crippen LogP contribution in [0.5, 0.6) is 0 Å². The molecule has 0 saturated carbocycles. The Kier molecular flexibility index (Phi) is 4.54. The first-order valence-corrected chi connectivity index (χ1v) is 9.42. The Hall–Kier alpha value is -1.10. The van der Waals surface area contributed by atoms with Crippen molar-refractivity contribution in [3.63, 3.8) is 0 Å². The smallest absolute Gasteiger partial charge is 0.227 e. The molecule has 3 aliphatic rings. The molecule has 1 aromatic carbocycles. The number of ether oxygens (including phenoxy) is 1. The van der Waals surface area contributed by atoms with Crippen molar-refractivity contribution in [2.75, 3.05) is 32.8 Å². The molecule has 1 atom stereocenters. The van der Waals surface area contributed by atoms with Gasteiger partial charge in [-0.3, -0.25) is 9.69 Å². The van der Waals surface area contributed by atoms with E-state index in [0.717, 1.165) is 31.7 Å². The minimum atomic E-state index is -0.0851. The minimum absolute atomic E-state index is 0.0851. The monoisotopic (exact) mass is 348 g/mol. The summed E-state index contributed by atoms with van der Waals surface area (Å²) in [5, 5.41) is 0.670. The maximum atomic E-state index is 12.5. The summed E-state index contributed by atoms with van der Waals surface area (Å²) >= 11 is 6.16. The average molecular weight is 349 g/mol. The summed E-state index contributed by atoms with van der Waals surface area (Å²) in [5.41, 5.74) is 0.821. The largest absolute Gasteiger partial charge is 0.370 e. The van der Waals surface area contributed by atoms with Crippen LogP contribution in [-0.2, 0) is 16.0 Å². The van der Waals surface area contributed by atoms with Crippen LogP contribution in [0.3, 0.4) is 0 Å². The van der Waals surface area contributed by atoms with Crippen LogP contribution >= 0.6 is 11.6 Å². The molecule has 130 valence electrons. The van der Waals surface area contributed by atoms with Crippen molar-refractivity contribution >= 4 is 17.5 Å². The standard InChI is InChI=1S/C19H25ClN2O2/c20-17-7-3-2-6-15(17)10-18(23)22-13-19(14-22)11-16(12-24-19)21-8-4-1-5-9-21/h2-3,6-7,16H,1,4-5,8-14H2. The van der Waals surface area contributed by atoms with Crippen molar-refractivity contribution in [1.82, 2.24) is 9.80 Å². The molecule has 1 spiro atoms. The fourth-order valence-electron chi connectivity index (χ4n) is 4.30. The molecule has 24 heavy (non-hydrogen) atoms. The zero-order valence-electron chi connectivity index (χ0n) is 14.0. The fraction of sp³-hybridized carbons (Fsp3) is 0.632. The molecule has 3 heterocycles. The molecule has 3 fully saturated rings. The Balaban J connectivity index is 1.30. The molecule has 4 rings (SSSR count). The molecule has 1 amide bonds. The Labute approximate surface area is 148 Å². The van der Waals surface area contributed by atoms with Crippen LogP contribution in [0.1, 0.15) is 31.2 Å². The molecule has 3 saturated heterocycles. The van der Waals surface area contributed by atoms with Gasteiger partial charge in [0.1, 0.15) is 5.60 Å². The Bertz CT molecular complexity index is 609. The van der Waals surface area contributed by atoms with E-state index in [4.69, 9.17) is 16.3 Å². The predicted octanol–water partition coefficient (Wildman–Crippen LogP) is 2.74. The molecule has 5 heteroatoms. The minimum Gasteiger partial charge on any atom is -0.370 e. The van der Waals surface area contributed by atoms with Gasteiger partial charge in [-0.05, 0) is 44.0 Å². The van der Waals surface area contributed by atoms with E-state index in [1.165, 1.54) is 32.4 Å². The van der Waals surface area contributed by atoms with Crippen LogP contribution in [0, 0.1) is 0 Å². The lowest BCUT2D eigenvalue weighted by Crippen LogP contribution is -2.63. The fourth-order valence-corrected chi connectivity index (χ4v) is 4.50. The van der Waals surface area contributed by atoms with Gasteiger partial charge in [-0.25, -0.2) is 0 Å². The highest BCUT2D eigenvalue weighted by atomic mass is 35.5. The molecule has 0 bridgehead atoms. The van der Waals surface area contributed by atoms with Crippen LogP contribution in [0.25, 0.3) is 0 Å². The summed E-state index contributed by atoms with van der Waals surface area (Å²) in [7, 11) is 0. The molecular weight excluding hydrogens is 324 g/mol. The topological polar surface area (TPSA) is 32.8 Å². The van der Waals surface area contributed by atoms with E-state index in [-0.39, 0.29) is 11.5 Å². The summed E-state index contributed by atoms with van der Waals surface area (Å²) in [6, 6.07) is 8.13. The highest BCUT2D eigenvalue weighted by Gasteiger charge is 2.52. The van der Waals surface area contributed by atoms with Gasteiger partial charge in [0.2, 0.25) is 5.91 Å². The number of piperidine rings is 1. The lowest BCUT2D eigenvalue weighted by Gasteiger charge is -2.47. The Morgan fingerprint density at radius 1 is 1.21 bits per heavy atom. The van der Waals surface area contributed by atoms with Crippen LogP contribution in [-0.4, -0.2) is 60.1 Å². The van der Waals surface area contributed by atoms with Gasteiger partial charge in [0.25, 0.3) is 0 Å². The molecule has 0 radical (unpaired) electrons. The van der Waals surface area contributed by atoms with E-state index in [0.29, 0.717) is 17.5 Å². The molecule has 0 N–H and O–H groups in total. The zero-order chi connectivity index (χ0) is 16.6. The van der Waals surface area contributed by atoms with Crippen molar-refractivity contribution < 1.29 is 9.53 Å². The van der Waals surface area contributed by atoms with Crippen LogP contribution < -0.4 is 0 Å². The van der Waals surface area contributed by atoms with Crippen LogP contribution in [0.2, 0.25) is 5.02 Å². The molecule has 0 aromatic heterocycles.